The van der Waals surface area contributed by atoms with Gasteiger partial charge in [0, 0.05) is 11.6 Å². The Hall–Kier alpha value is -1.29. The number of amides is 1. The van der Waals surface area contributed by atoms with Crippen LogP contribution in [0.3, 0.4) is 0 Å². The summed E-state index contributed by atoms with van der Waals surface area (Å²) in [6, 6.07) is 2.96. The summed E-state index contributed by atoms with van der Waals surface area (Å²) in [6.07, 6.45) is -0.0470. The topological polar surface area (TPSA) is 38.3 Å². The first-order valence-corrected chi connectivity index (χ1v) is 5.18. The average molecular weight is 246 g/mol. The van der Waals surface area contributed by atoms with E-state index in [9.17, 15) is 9.18 Å². The third-order valence-corrected chi connectivity index (χ3v) is 2.53. The van der Waals surface area contributed by atoms with Crippen LogP contribution in [0.25, 0.3) is 0 Å². The van der Waals surface area contributed by atoms with Gasteiger partial charge in [-0.3, -0.25) is 0 Å². The summed E-state index contributed by atoms with van der Waals surface area (Å²) < 4.78 is 17.6. The molecule has 0 atom stereocenters. The standard InChI is InChI=1S/C11H13ClFNO2/c1-7-5-9(12)8(6-10(7)13)3-4-14-11(15)16-2/h5-6H,3-4H2,1-2H3,(H,14,15). The summed E-state index contributed by atoms with van der Waals surface area (Å²) in [4.78, 5) is 10.8. The zero-order valence-corrected chi connectivity index (χ0v) is 9.90. The van der Waals surface area contributed by atoms with E-state index in [2.05, 4.69) is 10.1 Å². The number of halogens is 2. The molecule has 0 aromatic heterocycles. The molecule has 0 bridgehead atoms. The van der Waals surface area contributed by atoms with Crippen molar-refractivity contribution in [2.75, 3.05) is 13.7 Å². The molecule has 1 rings (SSSR count). The summed E-state index contributed by atoms with van der Waals surface area (Å²) in [5, 5.41) is 3.01. The van der Waals surface area contributed by atoms with Crippen LogP contribution in [0.5, 0.6) is 0 Å². The van der Waals surface area contributed by atoms with Crippen LogP contribution >= 0.6 is 11.6 Å². The molecular formula is C11H13ClFNO2. The highest BCUT2D eigenvalue weighted by molar-refractivity contribution is 6.31. The van der Waals surface area contributed by atoms with E-state index >= 15 is 0 Å². The van der Waals surface area contributed by atoms with Crippen LogP contribution < -0.4 is 5.32 Å². The molecule has 1 N–H and O–H groups in total. The zero-order chi connectivity index (χ0) is 12.1. The van der Waals surface area contributed by atoms with Gasteiger partial charge in [0.25, 0.3) is 0 Å². The maximum atomic E-state index is 13.2. The van der Waals surface area contributed by atoms with Crippen LogP contribution in [0, 0.1) is 12.7 Å². The van der Waals surface area contributed by atoms with Gasteiger partial charge in [0.1, 0.15) is 5.82 Å². The number of ether oxygens (including phenoxy) is 1. The van der Waals surface area contributed by atoms with E-state index in [0.717, 1.165) is 0 Å². The number of rotatable bonds is 3. The quantitative estimate of drug-likeness (QED) is 0.889. The summed E-state index contributed by atoms with van der Waals surface area (Å²) >= 11 is 5.94. The lowest BCUT2D eigenvalue weighted by molar-refractivity contribution is 0.171. The number of carbonyl (C=O) groups excluding carboxylic acids is 1. The maximum Gasteiger partial charge on any atom is 0.406 e. The van der Waals surface area contributed by atoms with E-state index in [0.29, 0.717) is 29.1 Å². The molecule has 3 nitrogen and oxygen atoms in total. The van der Waals surface area contributed by atoms with Gasteiger partial charge >= 0.3 is 6.09 Å². The van der Waals surface area contributed by atoms with Crippen LogP contribution in [0.15, 0.2) is 12.1 Å². The Kier molecular flexibility index (Phi) is 4.55. The van der Waals surface area contributed by atoms with Crippen molar-refractivity contribution in [1.82, 2.24) is 5.32 Å². The molecular weight excluding hydrogens is 233 g/mol. The second-order valence-corrected chi connectivity index (χ2v) is 3.77. The highest BCUT2D eigenvalue weighted by atomic mass is 35.5. The van der Waals surface area contributed by atoms with Gasteiger partial charge < -0.3 is 10.1 Å². The molecule has 5 heteroatoms. The molecule has 0 heterocycles. The molecule has 0 spiro atoms. The van der Waals surface area contributed by atoms with Crippen molar-refractivity contribution in [3.05, 3.63) is 34.1 Å². The van der Waals surface area contributed by atoms with E-state index < -0.39 is 6.09 Å². The lowest BCUT2D eigenvalue weighted by Crippen LogP contribution is -2.25. The fourth-order valence-electron chi connectivity index (χ4n) is 1.25. The molecule has 0 saturated heterocycles. The Labute approximate surface area is 98.5 Å². The number of nitrogens with one attached hydrogen (secondary N) is 1. The molecule has 0 fully saturated rings. The maximum absolute atomic E-state index is 13.2. The molecule has 1 aromatic carbocycles. The molecule has 1 amide bonds. The van der Waals surface area contributed by atoms with E-state index in [1.165, 1.54) is 13.2 Å². The molecule has 1 aromatic rings. The van der Waals surface area contributed by atoms with Crippen molar-refractivity contribution < 1.29 is 13.9 Å². The highest BCUT2D eigenvalue weighted by Gasteiger charge is 2.06. The summed E-state index contributed by atoms with van der Waals surface area (Å²) in [5.74, 6) is -0.294. The minimum absolute atomic E-state index is 0.294. The van der Waals surface area contributed by atoms with Gasteiger partial charge in [-0.1, -0.05) is 11.6 Å². The van der Waals surface area contributed by atoms with E-state index in [4.69, 9.17) is 11.6 Å². The molecule has 88 valence electrons. The van der Waals surface area contributed by atoms with Gasteiger partial charge in [-0.2, -0.15) is 0 Å². The van der Waals surface area contributed by atoms with Crippen LogP contribution in [-0.2, 0) is 11.2 Å². The number of alkyl carbamates (subject to hydrolysis) is 1. The summed E-state index contributed by atoms with van der Waals surface area (Å²) in [5.41, 5.74) is 1.18. The monoisotopic (exact) mass is 245 g/mol. The average Bonchev–Trinajstić information content (AvgIpc) is 2.25. The van der Waals surface area contributed by atoms with Crippen molar-refractivity contribution in [2.45, 2.75) is 13.3 Å². The molecule has 0 aliphatic carbocycles. The van der Waals surface area contributed by atoms with E-state index in [1.807, 2.05) is 0 Å². The lowest BCUT2D eigenvalue weighted by atomic mass is 10.1. The van der Waals surface area contributed by atoms with Gasteiger partial charge in [-0.05, 0) is 36.6 Å². The van der Waals surface area contributed by atoms with Gasteiger partial charge in [-0.15, -0.1) is 0 Å². The van der Waals surface area contributed by atoms with Crippen LogP contribution in [0.4, 0.5) is 9.18 Å². The third-order valence-electron chi connectivity index (χ3n) is 2.18. The zero-order valence-electron chi connectivity index (χ0n) is 9.14. The van der Waals surface area contributed by atoms with Crippen molar-refractivity contribution in [3.8, 4) is 0 Å². The van der Waals surface area contributed by atoms with Gasteiger partial charge in [0.15, 0.2) is 0 Å². The number of methoxy groups -OCH3 is 1. The number of carbonyl (C=O) groups is 1. The van der Waals surface area contributed by atoms with Crippen molar-refractivity contribution in [3.63, 3.8) is 0 Å². The predicted octanol–water partition coefficient (Wildman–Crippen LogP) is 2.69. The number of hydrogen-bond donors (Lipinski definition) is 1. The Morgan fingerprint density at radius 1 is 1.56 bits per heavy atom. The molecule has 0 aliphatic heterocycles. The smallest absolute Gasteiger partial charge is 0.406 e. The predicted molar refractivity (Wildman–Crippen MR) is 60.3 cm³/mol. The van der Waals surface area contributed by atoms with Crippen LogP contribution in [0.1, 0.15) is 11.1 Å². The second kappa shape index (κ2) is 5.70. The Morgan fingerprint density at radius 3 is 2.88 bits per heavy atom. The van der Waals surface area contributed by atoms with Crippen molar-refractivity contribution in [2.24, 2.45) is 0 Å². The summed E-state index contributed by atoms with van der Waals surface area (Å²) in [7, 11) is 1.29. The van der Waals surface area contributed by atoms with Crippen molar-refractivity contribution in [1.29, 1.82) is 0 Å². The fourth-order valence-corrected chi connectivity index (χ4v) is 1.56. The lowest BCUT2D eigenvalue weighted by Gasteiger charge is -2.07. The van der Waals surface area contributed by atoms with Crippen LogP contribution in [-0.4, -0.2) is 19.7 Å². The number of aryl methyl sites for hydroxylation is 1. The Bertz CT molecular complexity index is 396. The number of benzene rings is 1. The van der Waals surface area contributed by atoms with Crippen LogP contribution in [0.2, 0.25) is 5.02 Å². The minimum atomic E-state index is -0.510. The Balaban J connectivity index is 2.60. The fraction of sp³-hybridized carbons (Fsp3) is 0.364. The van der Waals surface area contributed by atoms with Gasteiger partial charge in [0.05, 0.1) is 7.11 Å². The van der Waals surface area contributed by atoms with E-state index in [1.54, 1.807) is 13.0 Å². The minimum Gasteiger partial charge on any atom is -0.453 e. The normalized spacial score (nSPS) is 10.0. The molecule has 0 aliphatic rings. The largest absolute Gasteiger partial charge is 0.453 e. The first-order chi connectivity index (χ1) is 7.54. The second-order valence-electron chi connectivity index (χ2n) is 3.36. The molecule has 0 radical (unpaired) electrons. The first-order valence-electron chi connectivity index (χ1n) is 4.81. The highest BCUT2D eigenvalue weighted by Crippen LogP contribution is 2.20. The third kappa shape index (κ3) is 3.38. The molecule has 0 unspecified atom stereocenters. The molecule has 16 heavy (non-hydrogen) atoms. The first kappa shape index (κ1) is 12.8. The number of hydrogen-bond acceptors (Lipinski definition) is 2. The SMILES string of the molecule is COC(=O)NCCc1cc(F)c(C)cc1Cl. The Morgan fingerprint density at radius 2 is 2.25 bits per heavy atom. The van der Waals surface area contributed by atoms with E-state index in [-0.39, 0.29) is 5.82 Å². The van der Waals surface area contributed by atoms with Gasteiger partial charge in [-0.25, -0.2) is 9.18 Å². The molecule has 0 saturated carbocycles. The van der Waals surface area contributed by atoms with Gasteiger partial charge in [0.2, 0.25) is 0 Å². The van der Waals surface area contributed by atoms with Crippen molar-refractivity contribution >= 4 is 17.7 Å². The summed E-state index contributed by atoms with van der Waals surface area (Å²) in [6.45, 7) is 2.01.